The number of halogens is 1. The van der Waals surface area contributed by atoms with Gasteiger partial charge in [0, 0.05) is 18.7 Å². The van der Waals surface area contributed by atoms with Gasteiger partial charge in [-0.2, -0.15) is 0 Å². The molecule has 1 aliphatic heterocycles. The van der Waals surface area contributed by atoms with E-state index in [-0.39, 0.29) is 17.4 Å². The molecule has 1 aromatic heterocycles. The highest BCUT2D eigenvalue weighted by atomic mass is 19.1. The van der Waals surface area contributed by atoms with Gasteiger partial charge in [-0.05, 0) is 37.1 Å². The van der Waals surface area contributed by atoms with Crippen LogP contribution in [-0.4, -0.2) is 34.8 Å². The molecule has 28 heavy (non-hydrogen) atoms. The van der Waals surface area contributed by atoms with Crippen molar-refractivity contribution in [2.24, 2.45) is 0 Å². The average molecular weight is 379 g/mol. The van der Waals surface area contributed by atoms with Crippen molar-refractivity contribution in [3.05, 3.63) is 72.0 Å². The van der Waals surface area contributed by atoms with Crippen molar-refractivity contribution in [2.45, 2.75) is 12.8 Å². The van der Waals surface area contributed by atoms with Crippen molar-refractivity contribution in [3.63, 3.8) is 0 Å². The van der Waals surface area contributed by atoms with Crippen molar-refractivity contribution in [1.82, 2.24) is 9.88 Å². The van der Waals surface area contributed by atoms with E-state index in [4.69, 9.17) is 4.42 Å². The van der Waals surface area contributed by atoms with E-state index >= 15 is 0 Å². The van der Waals surface area contributed by atoms with Crippen LogP contribution < -0.4 is 5.32 Å². The summed E-state index contributed by atoms with van der Waals surface area (Å²) in [6.07, 6.45) is 3.10. The monoisotopic (exact) mass is 379 g/mol. The zero-order valence-corrected chi connectivity index (χ0v) is 15.0. The molecule has 0 saturated carbocycles. The number of likely N-dealkylation sites (tertiary alicyclic amines) is 1. The number of benzene rings is 2. The second kappa shape index (κ2) is 7.64. The fourth-order valence-electron chi connectivity index (χ4n) is 3.29. The van der Waals surface area contributed by atoms with Crippen molar-refractivity contribution in [3.8, 4) is 11.3 Å². The van der Waals surface area contributed by atoms with Gasteiger partial charge in [-0.3, -0.25) is 9.59 Å². The number of rotatable bonds is 4. The molecule has 1 saturated heterocycles. The Kier molecular flexibility index (Phi) is 4.89. The summed E-state index contributed by atoms with van der Waals surface area (Å²) >= 11 is 0. The largest absolute Gasteiger partial charge is 0.443 e. The van der Waals surface area contributed by atoms with Gasteiger partial charge in [0.15, 0.2) is 17.8 Å². The fraction of sp³-hybridized carbons (Fsp3) is 0.190. The standard InChI is InChI=1S/C21H18FN3O3/c22-15-7-5-6-14(12-15)19-18(23-13-28-19)20(26)24-17-9-2-1-8-16(17)21(27)25-10-3-4-11-25/h1-2,5-9,12-13H,3-4,10-11H2,(H,24,26). The molecule has 0 radical (unpaired) electrons. The molecule has 0 bridgehead atoms. The van der Waals surface area contributed by atoms with Crippen molar-refractivity contribution in [1.29, 1.82) is 0 Å². The molecule has 0 spiro atoms. The van der Waals surface area contributed by atoms with Crippen LogP contribution in [0.2, 0.25) is 0 Å². The van der Waals surface area contributed by atoms with E-state index in [2.05, 4.69) is 10.3 Å². The van der Waals surface area contributed by atoms with Gasteiger partial charge in [-0.1, -0.05) is 24.3 Å². The van der Waals surface area contributed by atoms with Gasteiger partial charge in [0.1, 0.15) is 5.82 Å². The zero-order valence-electron chi connectivity index (χ0n) is 15.0. The quantitative estimate of drug-likeness (QED) is 0.744. The summed E-state index contributed by atoms with van der Waals surface area (Å²) in [5.74, 6) is -0.921. The van der Waals surface area contributed by atoms with E-state index in [9.17, 15) is 14.0 Å². The molecular weight excluding hydrogens is 361 g/mol. The van der Waals surface area contributed by atoms with Crippen LogP contribution in [0, 0.1) is 5.82 Å². The number of anilines is 1. The molecule has 1 fully saturated rings. The molecule has 2 heterocycles. The van der Waals surface area contributed by atoms with E-state index in [1.54, 1.807) is 35.2 Å². The number of hydrogen-bond acceptors (Lipinski definition) is 4. The summed E-state index contributed by atoms with van der Waals surface area (Å²) in [4.78, 5) is 31.3. The van der Waals surface area contributed by atoms with Gasteiger partial charge >= 0.3 is 0 Å². The molecule has 1 aliphatic rings. The first-order valence-electron chi connectivity index (χ1n) is 9.02. The lowest BCUT2D eigenvalue weighted by molar-refractivity contribution is 0.0794. The second-order valence-electron chi connectivity index (χ2n) is 6.54. The molecule has 142 valence electrons. The normalized spacial score (nSPS) is 13.5. The first-order valence-corrected chi connectivity index (χ1v) is 9.02. The predicted molar refractivity (Wildman–Crippen MR) is 101 cm³/mol. The number of amides is 2. The lowest BCUT2D eigenvalue weighted by atomic mass is 10.1. The highest BCUT2D eigenvalue weighted by Crippen LogP contribution is 2.26. The Morgan fingerprint density at radius 3 is 2.64 bits per heavy atom. The van der Waals surface area contributed by atoms with Crippen LogP contribution in [0.15, 0.2) is 59.3 Å². The third-order valence-corrected chi connectivity index (χ3v) is 4.67. The van der Waals surface area contributed by atoms with Gasteiger partial charge in [0.05, 0.1) is 11.3 Å². The lowest BCUT2D eigenvalue weighted by Crippen LogP contribution is -2.28. The van der Waals surface area contributed by atoms with Crippen molar-refractivity contribution < 1.29 is 18.4 Å². The van der Waals surface area contributed by atoms with Crippen LogP contribution in [0.3, 0.4) is 0 Å². The van der Waals surface area contributed by atoms with Crippen LogP contribution in [0.1, 0.15) is 33.7 Å². The molecule has 1 N–H and O–H groups in total. The number of para-hydroxylation sites is 1. The summed E-state index contributed by atoms with van der Waals surface area (Å²) < 4.78 is 18.8. The van der Waals surface area contributed by atoms with Crippen molar-refractivity contribution in [2.75, 3.05) is 18.4 Å². The maximum Gasteiger partial charge on any atom is 0.278 e. The van der Waals surface area contributed by atoms with Gasteiger partial charge in [0.25, 0.3) is 11.8 Å². The molecule has 0 aliphatic carbocycles. The Hall–Kier alpha value is -3.48. The lowest BCUT2D eigenvalue weighted by Gasteiger charge is -2.17. The number of oxazole rings is 1. The maximum absolute atomic E-state index is 13.5. The minimum Gasteiger partial charge on any atom is -0.443 e. The number of carbonyl (C=O) groups is 2. The number of aromatic nitrogens is 1. The minimum absolute atomic E-state index is 0.0222. The van der Waals surface area contributed by atoms with Crippen LogP contribution >= 0.6 is 0 Å². The Morgan fingerprint density at radius 2 is 1.86 bits per heavy atom. The summed E-state index contributed by atoms with van der Waals surface area (Å²) in [6.45, 7) is 1.43. The Bertz CT molecular complexity index is 1020. The summed E-state index contributed by atoms with van der Waals surface area (Å²) in [6, 6.07) is 12.6. The fourth-order valence-corrected chi connectivity index (χ4v) is 3.29. The molecule has 2 amide bonds. The molecule has 0 unspecified atom stereocenters. The van der Waals surface area contributed by atoms with E-state index in [1.807, 2.05) is 0 Å². The molecule has 0 atom stereocenters. The molecular formula is C21H18FN3O3. The first-order chi connectivity index (χ1) is 13.6. The predicted octanol–water partition coefficient (Wildman–Crippen LogP) is 3.97. The summed E-state index contributed by atoms with van der Waals surface area (Å²) in [7, 11) is 0. The SMILES string of the molecule is O=C(Nc1ccccc1C(=O)N1CCCC1)c1ncoc1-c1cccc(F)c1. The van der Waals surface area contributed by atoms with E-state index in [1.165, 1.54) is 18.2 Å². The van der Waals surface area contributed by atoms with Gasteiger partial charge in [0.2, 0.25) is 0 Å². The number of nitrogens with one attached hydrogen (secondary N) is 1. The second-order valence-corrected chi connectivity index (χ2v) is 6.54. The Labute approximate surface area is 161 Å². The zero-order chi connectivity index (χ0) is 19.5. The van der Waals surface area contributed by atoms with Crippen LogP contribution in [0.4, 0.5) is 10.1 Å². The average Bonchev–Trinajstić information content (AvgIpc) is 3.40. The molecule has 6 nitrogen and oxygen atoms in total. The van der Waals surface area contributed by atoms with Gasteiger partial charge in [-0.15, -0.1) is 0 Å². The van der Waals surface area contributed by atoms with Crippen LogP contribution in [0.5, 0.6) is 0 Å². The topological polar surface area (TPSA) is 75.4 Å². The molecule has 4 rings (SSSR count). The number of nitrogens with zero attached hydrogens (tertiary/aromatic N) is 2. The smallest absolute Gasteiger partial charge is 0.278 e. The highest BCUT2D eigenvalue weighted by molar-refractivity contribution is 6.10. The number of hydrogen-bond donors (Lipinski definition) is 1. The molecule has 3 aromatic rings. The summed E-state index contributed by atoms with van der Waals surface area (Å²) in [5, 5.41) is 2.74. The van der Waals surface area contributed by atoms with Crippen molar-refractivity contribution >= 4 is 17.5 Å². The van der Waals surface area contributed by atoms with E-state index in [0.717, 1.165) is 19.2 Å². The maximum atomic E-state index is 13.5. The van der Waals surface area contributed by atoms with Gasteiger partial charge < -0.3 is 14.6 Å². The highest BCUT2D eigenvalue weighted by Gasteiger charge is 2.24. The first kappa shape index (κ1) is 17.9. The molecule has 7 heteroatoms. The molecule has 2 aromatic carbocycles. The Balaban J connectivity index is 1.61. The third-order valence-electron chi connectivity index (χ3n) is 4.67. The van der Waals surface area contributed by atoms with E-state index in [0.29, 0.717) is 29.9 Å². The van der Waals surface area contributed by atoms with E-state index < -0.39 is 11.7 Å². The number of carbonyl (C=O) groups excluding carboxylic acids is 2. The van der Waals surface area contributed by atoms with Crippen LogP contribution in [-0.2, 0) is 0 Å². The van der Waals surface area contributed by atoms with Gasteiger partial charge in [-0.25, -0.2) is 9.37 Å². The minimum atomic E-state index is -0.533. The third kappa shape index (κ3) is 3.51. The van der Waals surface area contributed by atoms with Crippen LogP contribution in [0.25, 0.3) is 11.3 Å². The summed E-state index contributed by atoms with van der Waals surface area (Å²) in [5.41, 5.74) is 1.25. The Morgan fingerprint density at radius 1 is 1.07 bits per heavy atom.